The number of aromatic nitrogens is 3. The highest BCUT2D eigenvalue weighted by molar-refractivity contribution is 5.61. The second kappa shape index (κ2) is 5.22. The fourth-order valence-electron chi connectivity index (χ4n) is 2.42. The van der Waals surface area contributed by atoms with E-state index < -0.39 is 0 Å². The van der Waals surface area contributed by atoms with Crippen LogP contribution >= 0.6 is 0 Å². The van der Waals surface area contributed by atoms with E-state index in [0.29, 0.717) is 5.56 Å². The van der Waals surface area contributed by atoms with Crippen LogP contribution in [0.2, 0.25) is 0 Å². The number of benzene rings is 2. The summed E-state index contributed by atoms with van der Waals surface area (Å²) in [4.78, 5) is 0. The van der Waals surface area contributed by atoms with E-state index in [1.54, 1.807) is 10.7 Å². The molecule has 0 saturated carbocycles. The number of hydrogen-bond donors (Lipinski definition) is 0. The van der Waals surface area contributed by atoms with Gasteiger partial charge in [0.05, 0.1) is 23.5 Å². The van der Waals surface area contributed by atoms with E-state index in [2.05, 4.69) is 42.4 Å². The smallest absolute Gasteiger partial charge is 0.113 e. The molecule has 4 nitrogen and oxygen atoms in total. The molecule has 0 saturated heterocycles. The first-order chi connectivity index (χ1) is 10.2. The molecule has 21 heavy (non-hydrogen) atoms. The van der Waals surface area contributed by atoms with Crippen molar-refractivity contribution in [3.05, 3.63) is 65.4 Å². The molecule has 4 heteroatoms. The van der Waals surface area contributed by atoms with Crippen LogP contribution in [0.4, 0.5) is 0 Å². The maximum atomic E-state index is 8.97. The van der Waals surface area contributed by atoms with Gasteiger partial charge in [-0.25, -0.2) is 4.68 Å². The van der Waals surface area contributed by atoms with E-state index in [-0.39, 0.29) is 0 Å². The van der Waals surface area contributed by atoms with Gasteiger partial charge in [0.25, 0.3) is 0 Å². The second-order valence-electron chi connectivity index (χ2n) is 4.98. The Morgan fingerprint density at radius 1 is 1.05 bits per heavy atom. The molecule has 0 aliphatic carbocycles. The van der Waals surface area contributed by atoms with Crippen LogP contribution in [0.5, 0.6) is 0 Å². The predicted octanol–water partition coefficient (Wildman–Crippen LogP) is 3.42. The van der Waals surface area contributed by atoms with E-state index in [1.807, 2.05) is 30.5 Å². The van der Waals surface area contributed by atoms with Gasteiger partial charge in [-0.05, 0) is 37.1 Å². The molecule has 0 bridgehead atoms. The van der Waals surface area contributed by atoms with Crippen LogP contribution in [0.15, 0.2) is 48.7 Å². The quantitative estimate of drug-likeness (QED) is 0.719. The Morgan fingerprint density at radius 3 is 2.48 bits per heavy atom. The van der Waals surface area contributed by atoms with Crippen LogP contribution in [-0.2, 0) is 0 Å². The SMILES string of the molecule is Cc1cccc(C)c1-n1cc(-c2cccc(C#N)c2)nn1. The van der Waals surface area contributed by atoms with Gasteiger partial charge in [0, 0.05) is 5.56 Å². The Bertz CT molecular complexity index is 820. The van der Waals surface area contributed by atoms with E-state index in [0.717, 1.165) is 28.1 Å². The fraction of sp³-hybridized carbons (Fsp3) is 0.118. The molecule has 0 fully saturated rings. The highest BCUT2D eigenvalue weighted by Gasteiger charge is 2.09. The molecule has 2 aromatic carbocycles. The summed E-state index contributed by atoms with van der Waals surface area (Å²) in [6, 6.07) is 15.7. The second-order valence-corrected chi connectivity index (χ2v) is 4.98. The fourth-order valence-corrected chi connectivity index (χ4v) is 2.42. The number of rotatable bonds is 2. The van der Waals surface area contributed by atoms with Gasteiger partial charge in [-0.2, -0.15) is 5.26 Å². The van der Waals surface area contributed by atoms with Crippen LogP contribution < -0.4 is 0 Å². The van der Waals surface area contributed by atoms with Gasteiger partial charge >= 0.3 is 0 Å². The van der Waals surface area contributed by atoms with Crippen molar-refractivity contribution in [2.24, 2.45) is 0 Å². The summed E-state index contributed by atoms with van der Waals surface area (Å²) < 4.78 is 1.79. The van der Waals surface area contributed by atoms with Crippen molar-refractivity contribution in [2.75, 3.05) is 0 Å². The summed E-state index contributed by atoms with van der Waals surface area (Å²) >= 11 is 0. The van der Waals surface area contributed by atoms with Gasteiger partial charge < -0.3 is 0 Å². The topological polar surface area (TPSA) is 54.5 Å². The number of para-hydroxylation sites is 1. The van der Waals surface area contributed by atoms with E-state index in [4.69, 9.17) is 5.26 Å². The first-order valence-corrected chi connectivity index (χ1v) is 6.68. The van der Waals surface area contributed by atoms with Crippen molar-refractivity contribution < 1.29 is 0 Å². The maximum Gasteiger partial charge on any atom is 0.113 e. The molecular formula is C17H14N4. The third-order valence-corrected chi connectivity index (χ3v) is 3.45. The van der Waals surface area contributed by atoms with E-state index in [9.17, 15) is 0 Å². The number of nitrogens with zero attached hydrogens (tertiary/aromatic N) is 4. The summed E-state index contributed by atoms with van der Waals surface area (Å²) in [7, 11) is 0. The Labute approximate surface area is 123 Å². The monoisotopic (exact) mass is 274 g/mol. The molecular weight excluding hydrogens is 260 g/mol. The molecule has 0 aliphatic heterocycles. The van der Waals surface area contributed by atoms with Gasteiger partial charge in [-0.3, -0.25) is 0 Å². The lowest BCUT2D eigenvalue weighted by molar-refractivity contribution is 0.794. The largest absolute Gasteiger partial charge is 0.220 e. The zero-order chi connectivity index (χ0) is 14.8. The lowest BCUT2D eigenvalue weighted by atomic mass is 10.1. The number of aryl methyl sites for hydroxylation is 2. The summed E-state index contributed by atoms with van der Waals surface area (Å²) in [5.74, 6) is 0. The minimum atomic E-state index is 0.620. The molecule has 0 unspecified atom stereocenters. The van der Waals surface area contributed by atoms with E-state index in [1.165, 1.54) is 0 Å². The molecule has 102 valence electrons. The van der Waals surface area contributed by atoms with Crippen LogP contribution in [0.1, 0.15) is 16.7 Å². The lowest BCUT2D eigenvalue weighted by Crippen LogP contribution is -2.00. The van der Waals surface area contributed by atoms with Crippen molar-refractivity contribution in [3.8, 4) is 23.0 Å². The maximum absolute atomic E-state index is 8.97. The molecule has 1 heterocycles. The van der Waals surface area contributed by atoms with Crippen LogP contribution in [0, 0.1) is 25.2 Å². The highest BCUT2D eigenvalue weighted by Crippen LogP contribution is 2.22. The molecule has 3 rings (SSSR count). The van der Waals surface area contributed by atoms with Gasteiger partial charge in [0.2, 0.25) is 0 Å². The van der Waals surface area contributed by atoms with Crippen molar-refractivity contribution in [1.29, 1.82) is 5.26 Å². The zero-order valence-corrected chi connectivity index (χ0v) is 11.9. The Hall–Kier alpha value is -2.93. The number of hydrogen-bond acceptors (Lipinski definition) is 3. The highest BCUT2D eigenvalue weighted by atomic mass is 15.4. The number of nitriles is 1. The molecule has 0 atom stereocenters. The van der Waals surface area contributed by atoms with Crippen LogP contribution in [0.3, 0.4) is 0 Å². The van der Waals surface area contributed by atoms with Crippen LogP contribution in [0.25, 0.3) is 16.9 Å². The lowest BCUT2D eigenvalue weighted by Gasteiger charge is -2.07. The van der Waals surface area contributed by atoms with Gasteiger partial charge in [-0.1, -0.05) is 35.5 Å². The van der Waals surface area contributed by atoms with Crippen molar-refractivity contribution >= 4 is 0 Å². The Balaban J connectivity index is 2.06. The third-order valence-electron chi connectivity index (χ3n) is 3.45. The molecule has 1 aromatic heterocycles. The Kier molecular flexibility index (Phi) is 3.25. The molecule has 0 aliphatic rings. The first-order valence-electron chi connectivity index (χ1n) is 6.68. The van der Waals surface area contributed by atoms with Crippen LogP contribution in [-0.4, -0.2) is 15.0 Å². The average molecular weight is 274 g/mol. The van der Waals surface area contributed by atoms with Crippen molar-refractivity contribution in [1.82, 2.24) is 15.0 Å². The molecule has 0 N–H and O–H groups in total. The van der Waals surface area contributed by atoms with Gasteiger partial charge in [-0.15, -0.1) is 5.10 Å². The van der Waals surface area contributed by atoms with Gasteiger partial charge in [0.15, 0.2) is 0 Å². The van der Waals surface area contributed by atoms with Crippen molar-refractivity contribution in [2.45, 2.75) is 13.8 Å². The summed E-state index contributed by atoms with van der Waals surface area (Å²) in [5, 5.41) is 17.4. The minimum absolute atomic E-state index is 0.620. The molecule has 0 spiro atoms. The Morgan fingerprint density at radius 2 is 1.76 bits per heavy atom. The normalized spacial score (nSPS) is 10.3. The van der Waals surface area contributed by atoms with Gasteiger partial charge in [0.1, 0.15) is 5.69 Å². The molecule has 0 radical (unpaired) electrons. The molecule has 3 aromatic rings. The summed E-state index contributed by atoms with van der Waals surface area (Å²) in [6.45, 7) is 4.11. The summed E-state index contributed by atoms with van der Waals surface area (Å²) in [5.41, 5.74) is 5.62. The first kappa shape index (κ1) is 13.1. The summed E-state index contributed by atoms with van der Waals surface area (Å²) in [6.07, 6.45) is 1.89. The standard InChI is InChI=1S/C17H14N4/c1-12-5-3-6-13(2)17(12)21-11-16(19-20-21)15-8-4-7-14(9-15)10-18/h3-9,11H,1-2H3. The molecule has 0 amide bonds. The van der Waals surface area contributed by atoms with Crippen molar-refractivity contribution in [3.63, 3.8) is 0 Å². The average Bonchev–Trinajstić information content (AvgIpc) is 2.97. The third kappa shape index (κ3) is 2.41. The van der Waals surface area contributed by atoms with E-state index >= 15 is 0 Å². The zero-order valence-electron chi connectivity index (χ0n) is 11.9. The predicted molar refractivity (Wildman–Crippen MR) is 81.0 cm³/mol. The minimum Gasteiger partial charge on any atom is -0.220 e.